The average Bonchev–Trinajstić information content (AvgIpc) is 2.49. The molecule has 0 aliphatic carbocycles. The first kappa shape index (κ1) is 14.0. The zero-order valence-electron chi connectivity index (χ0n) is 11.7. The Morgan fingerprint density at radius 3 is 2.65 bits per heavy atom. The number of nitrogen functional groups attached to an aromatic ring is 1. The third-order valence-corrected chi connectivity index (χ3v) is 3.03. The molecule has 0 saturated carbocycles. The van der Waals surface area contributed by atoms with Crippen LogP contribution in [0.15, 0.2) is 36.7 Å². The van der Waals surface area contributed by atoms with Crippen LogP contribution in [0, 0.1) is 0 Å². The number of nitrogens with one attached hydrogen (secondary N) is 1. The quantitative estimate of drug-likeness (QED) is 0.845. The van der Waals surface area contributed by atoms with E-state index in [1.165, 1.54) is 5.56 Å². The highest BCUT2D eigenvalue weighted by atomic mass is 16.5. The van der Waals surface area contributed by atoms with Crippen LogP contribution < -0.4 is 20.5 Å². The van der Waals surface area contributed by atoms with Crippen LogP contribution in [0.5, 0.6) is 11.5 Å². The van der Waals surface area contributed by atoms with Crippen LogP contribution in [0.2, 0.25) is 0 Å². The standard InChI is InChI=1S/C15H19N3O2/c1-19-14-4-3-11(9-15(14)20-2)5-8-18-13-6-7-17-10-12(13)16/h3-4,6-7,9-10H,5,8,16H2,1-2H3,(H,17,18). The first-order chi connectivity index (χ1) is 9.74. The predicted octanol–water partition coefficient (Wildman–Crippen LogP) is 2.34. The maximum absolute atomic E-state index is 5.82. The van der Waals surface area contributed by atoms with Crippen molar-refractivity contribution < 1.29 is 9.47 Å². The monoisotopic (exact) mass is 273 g/mol. The molecule has 3 N–H and O–H groups in total. The molecule has 0 atom stereocenters. The van der Waals surface area contributed by atoms with E-state index in [4.69, 9.17) is 15.2 Å². The van der Waals surface area contributed by atoms with Crippen molar-refractivity contribution in [2.45, 2.75) is 6.42 Å². The maximum atomic E-state index is 5.82. The Bertz CT molecular complexity index is 573. The molecule has 1 aromatic carbocycles. The van der Waals surface area contributed by atoms with Crippen LogP contribution in [0.1, 0.15) is 5.56 Å². The molecule has 20 heavy (non-hydrogen) atoms. The molecular weight excluding hydrogens is 254 g/mol. The minimum Gasteiger partial charge on any atom is -0.493 e. The van der Waals surface area contributed by atoms with Crippen molar-refractivity contribution in [2.75, 3.05) is 31.8 Å². The molecule has 2 rings (SSSR count). The van der Waals surface area contributed by atoms with E-state index < -0.39 is 0 Å². The van der Waals surface area contributed by atoms with E-state index in [1.54, 1.807) is 26.6 Å². The summed E-state index contributed by atoms with van der Waals surface area (Å²) in [5.41, 5.74) is 8.55. The molecule has 106 valence electrons. The number of hydrogen-bond donors (Lipinski definition) is 2. The van der Waals surface area contributed by atoms with E-state index >= 15 is 0 Å². The molecule has 5 heteroatoms. The molecular formula is C15H19N3O2. The second kappa shape index (κ2) is 6.65. The van der Waals surface area contributed by atoms with Gasteiger partial charge in [0.15, 0.2) is 11.5 Å². The van der Waals surface area contributed by atoms with Gasteiger partial charge in [-0.25, -0.2) is 0 Å². The summed E-state index contributed by atoms with van der Waals surface area (Å²) in [5.74, 6) is 1.48. The Labute approximate surface area is 118 Å². The minimum atomic E-state index is 0.653. The van der Waals surface area contributed by atoms with Gasteiger partial charge in [0.05, 0.1) is 31.8 Å². The number of nitrogens with zero attached hydrogens (tertiary/aromatic N) is 1. The van der Waals surface area contributed by atoms with Crippen LogP contribution in [0.3, 0.4) is 0 Å². The Hall–Kier alpha value is -2.43. The van der Waals surface area contributed by atoms with Gasteiger partial charge in [0.25, 0.3) is 0 Å². The lowest BCUT2D eigenvalue weighted by molar-refractivity contribution is 0.354. The van der Waals surface area contributed by atoms with Gasteiger partial charge in [-0.15, -0.1) is 0 Å². The number of pyridine rings is 1. The van der Waals surface area contributed by atoms with Crippen LogP contribution in [-0.4, -0.2) is 25.7 Å². The lowest BCUT2D eigenvalue weighted by Crippen LogP contribution is -2.07. The minimum absolute atomic E-state index is 0.653. The fourth-order valence-electron chi connectivity index (χ4n) is 1.95. The second-order valence-electron chi connectivity index (χ2n) is 4.33. The molecule has 0 saturated heterocycles. The number of methoxy groups -OCH3 is 2. The van der Waals surface area contributed by atoms with Crippen molar-refractivity contribution in [3.63, 3.8) is 0 Å². The molecule has 0 fully saturated rings. The molecule has 0 bridgehead atoms. The molecule has 0 spiro atoms. The topological polar surface area (TPSA) is 69.4 Å². The lowest BCUT2D eigenvalue weighted by Gasteiger charge is -2.11. The first-order valence-corrected chi connectivity index (χ1v) is 6.39. The van der Waals surface area contributed by atoms with Crippen molar-refractivity contribution in [3.05, 3.63) is 42.2 Å². The summed E-state index contributed by atoms with van der Waals surface area (Å²) < 4.78 is 10.5. The Kier molecular flexibility index (Phi) is 4.65. The summed E-state index contributed by atoms with van der Waals surface area (Å²) in [6, 6.07) is 7.79. The fraction of sp³-hybridized carbons (Fsp3) is 0.267. The van der Waals surface area contributed by atoms with Gasteiger partial charge in [-0.05, 0) is 30.2 Å². The van der Waals surface area contributed by atoms with Crippen molar-refractivity contribution >= 4 is 11.4 Å². The van der Waals surface area contributed by atoms with E-state index in [0.717, 1.165) is 30.2 Å². The SMILES string of the molecule is COc1ccc(CCNc2ccncc2N)cc1OC. The smallest absolute Gasteiger partial charge is 0.160 e. The lowest BCUT2D eigenvalue weighted by atomic mass is 10.1. The number of rotatable bonds is 6. The van der Waals surface area contributed by atoms with Crippen LogP contribution in [-0.2, 0) is 6.42 Å². The summed E-state index contributed by atoms with van der Waals surface area (Å²) in [6.07, 6.45) is 4.22. The molecule has 1 aromatic heterocycles. The zero-order valence-corrected chi connectivity index (χ0v) is 11.7. The number of benzene rings is 1. The van der Waals surface area contributed by atoms with Crippen LogP contribution in [0.4, 0.5) is 11.4 Å². The summed E-state index contributed by atoms with van der Waals surface area (Å²) >= 11 is 0. The molecule has 0 amide bonds. The van der Waals surface area contributed by atoms with E-state index in [9.17, 15) is 0 Å². The molecule has 1 heterocycles. The third-order valence-electron chi connectivity index (χ3n) is 3.03. The van der Waals surface area contributed by atoms with Gasteiger partial charge in [-0.2, -0.15) is 0 Å². The van der Waals surface area contributed by atoms with Crippen LogP contribution >= 0.6 is 0 Å². The zero-order chi connectivity index (χ0) is 14.4. The van der Waals surface area contributed by atoms with Gasteiger partial charge in [0.1, 0.15) is 0 Å². The number of hydrogen-bond acceptors (Lipinski definition) is 5. The van der Waals surface area contributed by atoms with E-state index in [2.05, 4.69) is 10.3 Å². The number of aromatic nitrogens is 1. The van der Waals surface area contributed by atoms with Gasteiger partial charge in [-0.1, -0.05) is 6.07 Å². The number of nitrogens with two attached hydrogens (primary N) is 1. The Morgan fingerprint density at radius 2 is 1.95 bits per heavy atom. The van der Waals surface area contributed by atoms with Crippen LogP contribution in [0.25, 0.3) is 0 Å². The van der Waals surface area contributed by atoms with Gasteiger partial charge >= 0.3 is 0 Å². The number of ether oxygens (including phenoxy) is 2. The largest absolute Gasteiger partial charge is 0.493 e. The Balaban J connectivity index is 1.96. The van der Waals surface area contributed by atoms with E-state index in [1.807, 2.05) is 24.3 Å². The summed E-state index contributed by atoms with van der Waals surface area (Å²) in [4.78, 5) is 3.96. The molecule has 0 aliphatic heterocycles. The summed E-state index contributed by atoms with van der Waals surface area (Å²) in [6.45, 7) is 0.781. The highest BCUT2D eigenvalue weighted by Crippen LogP contribution is 2.27. The molecule has 0 aliphatic rings. The summed E-state index contributed by atoms with van der Waals surface area (Å²) in [5, 5.41) is 3.29. The van der Waals surface area contributed by atoms with E-state index in [0.29, 0.717) is 5.69 Å². The van der Waals surface area contributed by atoms with E-state index in [-0.39, 0.29) is 0 Å². The first-order valence-electron chi connectivity index (χ1n) is 6.39. The highest BCUT2D eigenvalue weighted by Gasteiger charge is 2.04. The van der Waals surface area contributed by atoms with Crippen molar-refractivity contribution in [3.8, 4) is 11.5 Å². The number of anilines is 2. The summed E-state index contributed by atoms with van der Waals surface area (Å²) in [7, 11) is 3.27. The van der Waals surface area contributed by atoms with Crippen molar-refractivity contribution in [2.24, 2.45) is 0 Å². The van der Waals surface area contributed by atoms with Crippen molar-refractivity contribution in [1.29, 1.82) is 0 Å². The molecule has 2 aromatic rings. The average molecular weight is 273 g/mol. The predicted molar refractivity (Wildman–Crippen MR) is 80.4 cm³/mol. The Morgan fingerprint density at radius 1 is 1.15 bits per heavy atom. The molecule has 0 radical (unpaired) electrons. The molecule has 5 nitrogen and oxygen atoms in total. The second-order valence-corrected chi connectivity index (χ2v) is 4.33. The normalized spacial score (nSPS) is 10.1. The third kappa shape index (κ3) is 3.32. The van der Waals surface area contributed by atoms with Gasteiger partial charge in [0, 0.05) is 12.7 Å². The van der Waals surface area contributed by atoms with Crippen molar-refractivity contribution in [1.82, 2.24) is 4.98 Å². The molecule has 0 unspecified atom stereocenters. The fourth-order valence-corrected chi connectivity index (χ4v) is 1.95. The highest BCUT2D eigenvalue weighted by molar-refractivity contribution is 5.64. The van der Waals surface area contributed by atoms with Gasteiger partial charge in [0.2, 0.25) is 0 Å². The van der Waals surface area contributed by atoms with Gasteiger partial charge in [-0.3, -0.25) is 4.98 Å². The van der Waals surface area contributed by atoms with Gasteiger partial charge < -0.3 is 20.5 Å². The maximum Gasteiger partial charge on any atom is 0.160 e.